The van der Waals surface area contributed by atoms with Crippen molar-refractivity contribution in [1.82, 2.24) is 0 Å². The molecule has 12 heavy (non-hydrogen) atoms. The second kappa shape index (κ2) is 4.10. The second-order valence-electron chi connectivity index (χ2n) is 2.82. The third-order valence-corrected chi connectivity index (χ3v) is 2.61. The number of hydrogen-bond donors (Lipinski definition) is 1. The molecule has 0 aliphatic heterocycles. The fraction of sp³-hybridized carbons (Fsp3) is 0.500. The minimum Gasteiger partial charge on any atom is -0.304 e. The molecule has 66 valence electrons. The van der Waals surface area contributed by atoms with Gasteiger partial charge in [-0.05, 0) is 12.8 Å². The number of thiocarbonyl (C=S) groups is 1. The summed E-state index contributed by atoms with van der Waals surface area (Å²) in [7, 11) is 0. The van der Waals surface area contributed by atoms with E-state index in [1.807, 2.05) is 0 Å². The van der Waals surface area contributed by atoms with Crippen LogP contribution in [0.1, 0.15) is 19.3 Å². The Bertz CT molecular complexity index is 249. The molecule has 1 aliphatic carbocycles. The lowest BCUT2D eigenvalue weighted by molar-refractivity contribution is 0.490. The van der Waals surface area contributed by atoms with Gasteiger partial charge in [0.05, 0.1) is 5.03 Å². The van der Waals surface area contributed by atoms with E-state index in [4.69, 9.17) is 17.0 Å². The van der Waals surface area contributed by atoms with Crippen molar-refractivity contribution in [3.63, 3.8) is 0 Å². The van der Waals surface area contributed by atoms with Gasteiger partial charge in [-0.3, -0.25) is 0 Å². The van der Waals surface area contributed by atoms with Crippen molar-refractivity contribution in [3.8, 4) is 0 Å². The van der Waals surface area contributed by atoms with Crippen molar-refractivity contribution in [2.24, 2.45) is 5.92 Å². The molecule has 1 nitrogen and oxygen atoms in total. The highest BCUT2D eigenvalue weighted by Crippen LogP contribution is 2.32. The molecule has 1 N–H and O–H groups in total. The average Bonchev–Trinajstić information content (AvgIpc) is 2.08. The summed E-state index contributed by atoms with van der Waals surface area (Å²) in [6.07, 6.45) is 1.42. The highest BCUT2D eigenvalue weighted by atomic mass is 35.5. The summed E-state index contributed by atoms with van der Waals surface area (Å²) < 4.78 is 12.8. The molecule has 0 aromatic heterocycles. The Morgan fingerprint density at radius 1 is 1.75 bits per heavy atom. The first-order valence-electron chi connectivity index (χ1n) is 3.71. The first-order chi connectivity index (χ1) is 5.65. The summed E-state index contributed by atoms with van der Waals surface area (Å²) in [5.74, 6) is -0.209. The third-order valence-electron chi connectivity index (χ3n) is 2.00. The number of allylic oxidation sites excluding steroid dienone is 2. The normalized spacial score (nSPS) is 24.0. The molecule has 0 spiro atoms. The lowest BCUT2D eigenvalue weighted by Gasteiger charge is -2.19. The molecular formula is C8H9ClFNS. The van der Waals surface area contributed by atoms with Crippen LogP contribution in [-0.2, 0) is 0 Å². The summed E-state index contributed by atoms with van der Waals surface area (Å²) in [5.41, 5.74) is 0.385. The SMILES string of the molecule is N=C(C=S)C1CCC(F)=C(Cl)C1. The van der Waals surface area contributed by atoms with Crippen molar-refractivity contribution in [2.75, 3.05) is 0 Å². The third kappa shape index (κ3) is 2.11. The molecule has 0 fully saturated rings. The van der Waals surface area contributed by atoms with Crippen molar-refractivity contribution in [3.05, 3.63) is 10.9 Å². The van der Waals surface area contributed by atoms with E-state index < -0.39 is 0 Å². The molecular weight excluding hydrogens is 197 g/mol. The molecule has 4 heteroatoms. The Kier molecular flexibility index (Phi) is 3.35. The van der Waals surface area contributed by atoms with Gasteiger partial charge in [0.25, 0.3) is 0 Å². The summed E-state index contributed by atoms with van der Waals surface area (Å²) in [6.45, 7) is 0. The van der Waals surface area contributed by atoms with E-state index in [0.717, 1.165) is 0 Å². The first kappa shape index (κ1) is 9.81. The van der Waals surface area contributed by atoms with Gasteiger partial charge in [-0.25, -0.2) is 4.39 Å². The quantitative estimate of drug-likeness (QED) is 0.543. The lowest BCUT2D eigenvalue weighted by Crippen LogP contribution is -2.17. The summed E-state index contributed by atoms with van der Waals surface area (Å²) in [4.78, 5) is 0. The molecule has 1 rings (SSSR count). The van der Waals surface area contributed by atoms with Gasteiger partial charge in [-0.2, -0.15) is 0 Å². The van der Waals surface area contributed by atoms with E-state index in [1.54, 1.807) is 0 Å². The van der Waals surface area contributed by atoms with Crippen LogP contribution in [0, 0.1) is 11.3 Å². The van der Waals surface area contributed by atoms with E-state index in [-0.39, 0.29) is 16.8 Å². The molecule has 0 heterocycles. The van der Waals surface area contributed by atoms with E-state index in [1.165, 1.54) is 5.37 Å². The van der Waals surface area contributed by atoms with Crippen LogP contribution in [0.2, 0.25) is 0 Å². The topological polar surface area (TPSA) is 23.9 Å². The molecule has 0 saturated carbocycles. The molecule has 1 unspecified atom stereocenters. The Hall–Kier alpha value is -0.280. The minimum atomic E-state index is -0.231. The van der Waals surface area contributed by atoms with Crippen molar-refractivity contribution in [2.45, 2.75) is 19.3 Å². The van der Waals surface area contributed by atoms with Gasteiger partial charge in [0.2, 0.25) is 0 Å². The molecule has 1 aliphatic rings. The van der Waals surface area contributed by atoms with Crippen LogP contribution < -0.4 is 0 Å². The van der Waals surface area contributed by atoms with Crippen LogP contribution in [-0.4, -0.2) is 11.1 Å². The zero-order chi connectivity index (χ0) is 9.14. The summed E-state index contributed by atoms with van der Waals surface area (Å²) in [5, 5.41) is 9.01. The first-order valence-corrected chi connectivity index (χ1v) is 4.56. The number of nitrogens with one attached hydrogen (secondary N) is 1. The van der Waals surface area contributed by atoms with Crippen LogP contribution in [0.5, 0.6) is 0 Å². The van der Waals surface area contributed by atoms with Crippen molar-refractivity contribution >= 4 is 34.9 Å². The maximum Gasteiger partial charge on any atom is 0.114 e. The lowest BCUT2D eigenvalue weighted by atomic mass is 9.90. The maximum absolute atomic E-state index is 12.8. The van der Waals surface area contributed by atoms with Crippen molar-refractivity contribution in [1.29, 1.82) is 5.41 Å². The van der Waals surface area contributed by atoms with Crippen molar-refractivity contribution < 1.29 is 4.39 Å². The number of halogens is 2. The van der Waals surface area contributed by atoms with E-state index in [0.29, 0.717) is 25.0 Å². The highest BCUT2D eigenvalue weighted by molar-refractivity contribution is 7.80. The minimum absolute atomic E-state index is 0.0227. The van der Waals surface area contributed by atoms with Crippen LogP contribution >= 0.6 is 23.8 Å². The molecule has 0 saturated heterocycles. The molecule has 0 aromatic carbocycles. The highest BCUT2D eigenvalue weighted by Gasteiger charge is 2.22. The van der Waals surface area contributed by atoms with E-state index in [9.17, 15) is 4.39 Å². The standard InChI is InChI=1S/C8H9ClFNS/c9-6-3-5(8(11)4-12)1-2-7(6)10/h4-5,11H,1-3H2. The predicted molar refractivity (Wildman–Crippen MR) is 52.7 cm³/mol. The Morgan fingerprint density at radius 2 is 2.42 bits per heavy atom. The smallest absolute Gasteiger partial charge is 0.114 e. The van der Waals surface area contributed by atoms with Gasteiger partial charge in [-0.15, -0.1) is 0 Å². The largest absolute Gasteiger partial charge is 0.304 e. The molecule has 1 atom stereocenters. The maximum atomic E-state index is 12.8. The van der Waals surface area contributed by atoms with E-state index >= 15 is 0 Å². The summed E-state index contributed by atoms with van der Waals surface area (Å²) >= 11 is 10.2. The van der Waals surface area contributed by atoms with Crippen LogP contribution in [0.4, 0.5) is 4.39 Å². The fourth-order valence-corrected chi connectivity index (χ4v) is 1.70. The second-order valence-corrected chi connectivity index (χ2v) is 3.51. The van der Waals surface area contributed by atoms with Gasteiger partial charge >= 0.3 is 0 Å². The molecule has 0 amide bonds. The number of hydrogen-bond acceptors (Lipinski definition) is 2. The van der Waals surface area contributed by atoms with Gasteiger partial charge in [0.1, 0.15) is 5.83 Å². The van der Waals surface area contributed by atoms with Gasteiger partial charge in [-0.1, -0.05) is 23.8 Å². The fourth-order valence-electron chi connectivity index (χ4n) is 1.23. The van der Waals surface area contributed by atoms with Gasteiger partial charge in [0.15, 0.2) is 0 Å². The monoisotopic (exact) mass is 205 g/mol. The average molecular weight is 206 g/mol. The van der Waals surface area contributed by atoms with Crippen LogP contribution in [0.25, 0.3) is 0 Å². The predicted octanol–water partition coefficient (Wildman–Crippen LogP) is 3.23. The van der Waals surface area contributed by atoms with Crippen LogP contribution in [0.3, 0.4) is 0 Å². The zero-order valence-corrected chi connectivity index (χ0v) is 8.01. The number of rotatable bonds is 2. The Morgan fingerprint density at radius 3 is 2.92 bits per heavy atom. The molecule has 0 aromatic rings. The van der Waals surface area contributed by atoms with Gasteiger partial charge in [0, 0.05) is 23.4 Å². The van der Waals surface area contributed by atoms with E-state index in [2.05, 4.69) is 12.2 Å². The van der Waals surface area contributed by atoms with Gasteiger partial charge < -0.3 is 5.41 Å². The Balaban J connectivity index is 2.66. The Labute approximate surface area is 81.1 Å². The zero-order valence-electron chi connectivity index (χ0n) is 6.44. The molecule has 0 bridgehead atoms. The summed E-state index contributed by atoms with van der Waals surface area (Å²) in [6, 6.07) is 0. The van der Waals surface area contributed by atoms with Crippen LogP contribution in [0.15, 0.2) is 10.9 Å². The molecule has 0 radical (unpaired) electrons.